The summed E-state index contributed by atoms with van der Waals surface area (Å²) in [4.78, 5) is 0. The van der Waals surface area contributed by atoms with E-state index in [9.17, 15) is 5.11 Å². The van der Waals surface area contributed by atoms with Gasteiger partial charge in [-0.3, -0.25) is 0 Å². The van der Waals surface area contributed by atoms with Crippen LogP contribution in [-0.2, 0) is 6.42 Å². The number of aromatic hydroxyl groups is 1. The highest BCUT2D eigenvalue weighted by Crippen LogP contribution is 2.23. The van der Waals surface area contributed by atoms with Crippen LogP contribution >= 0.6 is 0 Å². The zero-order valence-corrected chi connectivity index (χ0v) is 8.46. The molecule has 1 aromatic carbocycles. The molecule has 0 saturated heterocycles. The van der Waals surface area contributed by atoms with Gasteiger partial charge in [0.15, 0.2) is 0 Å². The Morgan fingerprint density at radius 2 is 1.77 bits per heavy atom. The third-order valence-corrected chi connectivity index (χ3v) is 2.14. The lowest BCUT2D eigenvalue weighted by atomic mass is 10.0. The monoisotopic (exact) mass is 176 g/mol. The second-order valence-electron chi connectivity index (χ2n) is 3.35. The minimum Gasteiger partial charge on any atom is -0.507 e. The van der Waals surface area contributed by atoms with Crippen molar-refractivity contribution in [1.29, 1.82) is 0 Å². The first-order valence-corrected chi connectivity index (χ1v) is 4.55. The van der Waals surface area contributed by atoms with Crippen molar-refractivity contribution < 1.29 is 5.11 Å². The van der Waals surface area contributed by atoms with Crippen LogP contribution < -0.4 is 0 Å². The maximum atomic E-state index is 9.54. The fourth-order valence-electron chi connectivity index (χ4n) is 1.42. The number of phenols is 1. The van der Waals surface area contributed by atoms with Gasteiger partial charge in [0.25, 0.3) is 0 Å². The van der Waals surface area contributed by atoms with Crippen LogP contribution in [-0.4, -0.2) is 5.11 Å². The molecule has 0 unspecified atom stereocenters. The van der Waals surface area contributed by atoms with Gasteiger partial charge >= 0.3 is 0 Å². The van der Waals surface area contributed by atoms with Gasteiger partial charge in [0.2, 0.25) is 0 Å². The summed E-state index contributed by atoms with van der Waals surface area (Å²) in [7, 11) is 0. The molecule has 1 heteroatoms. The van der Waals surface area contributed by atoms with E-state index in [-0.39, 0.29) is 0 Å². The zero-order chi connectivity index (χ0) is 9.84. The number of phenolic OH excluding ortho intramolecular Hbond substituents is 1. The number of allylic oxidation sites excluding steroid dienone is 2. The third-order valence-electron chi connectivity index (χ3n) is 2.14. The van der Waals surface area contributed by atoms with Gasteiger partial charge in [-0.15, -0.1) is 0 Å². The highest BCUT2D eigenvalue weighted by molar-refractivity contribution is 5.42. The number of hydrogen-bond donors (Lipinski definition) is 1. The minimum absolute atomic E-state index is 0.421. The molecule has 1 N–H and O–H groups in total. The van der Waals surface area contributed by atoms with E-state index in [1.165, 1.54) is 5.56 Å². The molecule has 0 aliphatic carbocycles. The van der Waals surface area contributed by atoms with Crippen LogP contribution in [0.25, 0.3) is 0 Å². The fraction of sp³-hybridized carbons (Fsp3) is 0.333. The molecule has 1 aromatic rings. The second kappa shape index (κ2) is 4.13. The smallest absolute Gasteiger partial charge is 0.121 e. The van der Waals surface area contributed by atoms with E-state index in [0.29, 0.717) is 5.75 Å². The zero-order valence-electron chi connectivity index (χ0n) is 8.46. The number of rotatable bonds is 2. The van der Waals surface area contributed by atoms with Crippen molar-refractivity contribution in [3.63, 3.8) is 0 Å². The van der Waals surface area contributed by atoms with Crippen molar-refractivity contribution in [2.75, 3.05) is 0 Å². The van der Waals surface area contributed by atoms with E-state index in [1.807, 2.05) is 39.0 Å². The van der Waals surface area contributed by atoms with Crippen molar-refractivity contribution in [3.8, 4) is 5.75 Å². The summed E-state index contributed by atoms with van der Waals surface area (Å²) in [6, 6.07) is 4.06. The van der Waals surface area contributed by atoms with Gasteiger partial charge in [-0.25, -0.2) is 0 Å². The minimum atomic E-state index is 0.421. The molecule has 0 saturated carbocycles. The van der Waals surface area contributed by atoms with Gasteiger partial charge in [-0.05, 0) is 43.9 Å². The molecule has 70 valence electrons. The van der Waals surface area contributed by atoms with Crippen molar-refractivity contribution in [2.45, 2.75) is 27.2 Å². The summed E-state index contributed by atoms with van der Waals surface area (Å²) in [5.41, 5.74) is 3.17. The molecular weight excluding hydrogens is 160 g/mol. The SMILES string of the molecule is C/C=C/Cc1cc(C)c(O)c(C)c1. The quantitative estimate of drug-likeness (QED) is 0.686. The van der Waals surface area contributed by atoms with E-state index < -0.39 is 0 Å². The van der Waals surface area contributed by atoms with Gasteiger partial charge in [-0.2, -0.15) is 0 Å². The molecule has 0 aliphatic heterocycles. The van der Waals surface area contributed by atoms with Crippen molar-refractivity contribution in [3.05, 3.63) is 41.0 Å². The van der Waals surface area contributed by atoms with Crippen LogP contribution in [0.4, 0.5) is 0 Å². The molecular formula is C12H16O. The molecule has 0 spiro atoms. The van der Waals surface area contributed by atoms with Crippen molar-refractivity contribution in [2.24, 2.45) is 0 Å². The highest BCUT2D eigenvalue weighted by Gasteiger charge is 2.01. The first-order chi connectivity index (χ1) is 6.15. The van der Waals surface area contributed by atoms with E-state index >= 15 is 0 Å². The van der Waals surface area contributed by atoms with Gasteiger partial charge in [0, 0.05) is 0 Å². The standard InChI is InChI=1S/C12H16O/c1-4-5-6-11-7-9(2)12(13)10(3)8-11/h4-5,7-8,13H,6H2,1-3H3/b5-4+. The molecule has 0 atom stereocenters. The molecule has 1 nitrogen and oxygen atoms in total. The second-order valence-corrected chi connectivity index (χ2v) is 3.35. The van der Waals surface area contributed by atoms with Crippen LogP contribution in [0.1, 0.15) is 23.6 Å². The Hall–Kier alpha value is -1.24. The lowest BCUT2D eigenvalue weighted by Crippen LogP contribution is -1.87. The van der Waals surface area contributed by atoms with Gasteiger partial charge in [-0.1, -0.05) is 24.3 Å². The Bertz CT molecular complexity index is 301. The average Bonchev–Trinajstić information content (AvgIpc) is 2.10. The van der Waals surface area contributed by atoms with Crippen molar-refractivity contribution in [1.82, 2.24) is 0 Å². The number of aryl methyl sites for hydroxylation is 2. The summed E-state index contributed by atoms with van der Waals surface area (Å²) < 4.78 is 0. The van der Waals surface area contributed by atoms with Crippen LogP contribution in [0, 0.1) is 13.8 Å². The lowest BCUT2D eigenvalue weighted by molar-refractivity contribution is 0.466. The normalized spacial score (nSPS) is 11.0. The molecule has 0 heterocycles. The van der Waals surface area contributed by atoms with E-state index in [2.05, 4.69) is 6.08 Å². The summed E-state index contributed by atoms with van der Waals surface area (Å²) >= 11 is 0. The first kappa shape index (κ1) is 9.85. The Kier molecular flexibility index (Phi) is 3.13. The summed E-state index contributed by atoms with van der Waals surface area (Å²) in [6.07, 6.45) is 5.10. The molecule has 0 aliphatic rings. The molecule has 0 fully saturated rings. The lowest BCUT2D eigenvalue weighted by Gasteiger charge is -2.05. The predicted molar refractivity (Wildman–Crippen MR) is 56.1 cm³/mol. The molecule has 13 heavy (non-hydrogen) atoms. The molecule has 0 amide bonds. The van der Waals surface area contributed by atoms with Crippen molar-refractivity contribution >= 4 is 0 Å². The Balaban J connectivity index is 2.99. The van der Waals surface area contributed by atoms with E-state index in [0.717, 1.165) is 17.5 Å². The summed E-state index contributed by atoms with van der Waals surface area (Å²) in [5.74, 6) is 0.421. The third kappa shape index (κ3) is 2.35. The topological polar surface area (TPSA) is 20.2 Å². The van der Waals surface area contributed by atoms with Gasteiger partial charge in [0.1, 0.15) is 5.75 Å². The maximum absolute atomic E-state index is 9.54. The number of benzene rings is 1. The van der Waals surface area contributed by atoms with Crippen LogP contribution in [0.2, 0.25) is 0 Å². The molecule has 1 rings (SSSR count). The Labute approximate surface area is 79.7 Å². The Morgan fingerprint density at radius 1 is 1.23 bits per heavy atom. The molecule has 0 bridgehead atoms. The molecule has 0 radical (unpaired) electrons. The predicted octanol–water partition coefficient (Wildman–Crippen LogP) is 3.13. The Morgan fingerprint density at radius 3 is 2.23 bits per heavy atom. The van der Waals surface area contributed by atoms with Gasteiger partial charge in [0.05, 0.1) is 0 Å². The van der Waals surface area contributed by atoms with Crippen LogP contribution in [0.15, 0.2) is 24.3 Å². The van der Waals surface area contributed by atoms with E-state index in [1.54, 1.807) is 0 Å². The van der Waals surface area contributed by atoms with Crippen LogP contribution in [0.5, 0.6) is 5.75 Å². The van der Waals surface area contributed by atoms with E-state index in [4.69, 9.17) is 0 Å². The summed E-state index contributed by atoms with van der Waals surface area (Å²) in [5, 5.41) is 9.54. The molecule has 0 aromatic heterocycles. The average molecular weight is 176 g/mol. The van der Waals surface area contributed by atoms with Gasteiger partial charge < -0.3 is 5.11 Å². The first-order valence-electron chi connectivity index (χ1n) is 4.55. The van der Waals surface area contributed by atoms with Crippen LogP contribution in [0.3, 0.4) is 0 Å². The largest absolute Gasteiger partial charge is 0.507 e. The summed E-state index contributed by atoms with van der Waals surface area (Å²) in [6.45, 7) is 5.88. The fourth-order valence-corrected chi connectivity index (χ4v) is 1.42. The number of hydrogen-bond acceptors (Lipinski definition) is 1. The highest BCUT2D eigenvalue weighted by atomic mass is 16.3. The maximum Gasteiger partial charge on any atom is 0.121 e.